The van der Waals surface area contributed by atoms with Gasteiger partial charge in [-0.3, -0.25) is 0 Å². The van der Waals surface area contributed by atoms with E-state index in [9.17, 15) is 22.0 Å². The summed E-state index contributed by atoms with van der Waals surface area (Å²) in [5.41, 5.74) is 2.21. The molecule has 33 heavy (non-hydrogen) atoms. The summed E-state index contributed by atoms with van der Waals surface area (Å²) in [6, 6.07) is 12.5. The second kappa shape index (κ2) is 9.24. The molecule has 1 aliphatic carbocycles. The molecule has 1 heterocycles. The number of nitrogens with zero attached hydrogens (tertiary/aromatic N) is 1. The Labute approximate surface area is 189 Å². The molecule has 3 aromatic rings. The van der Waals surface area contributed by atoms with E-state index in [1.54, 1.807) is 18.2 Å². The summed E-state index contributed by atoms with van der Waals surface area (Å²) in [4.78, 5) is 13.9. The van der Waals surface area contributed by atoms with Gasteiger partial charge in [0.25, 0.3) is 0 Å². The molecule has 0 aliphatic heterocycles. The van der Waals surface area contributed by atoms with E-state index in [0.717, 1.165) is 23.3 Å². The predicted molar refractivity (Wildman–Crippen MR) is 115 cm³/mol. The van der Waals surface area contributed by atoms with Gasteiger partial charge in [-0.05, 0) is 59.7 Å². The molecule has 0 radical (unpaired) electrons. The van der Waals surface area contributed by atoms with Gasteiger partial charge in [0.05, 0.1) is 4.90 Å². The molecule has 0 saturated carbocycles. The van der Waals surface area contributed by atoms with E-state index in [2.05, 4.69) is 9.71 Å². The maximum atomic E-state index is 13.4. The van der Waals surface area contributed by atoms with Gasteiger partial charge in [0.2, 0.25) is 21.9 Å². The molecule has 4 rings (SSSR count). The van der Waals surface area contributed by atoms with Crippen molar-refractivity contribution in [3.8, 4) is 16.9 Å². The number of aromatic nitrogens is 1. The second-order valence-corrected chi connectivity index (χ2v) is 9.31. The number of benzene rings is 2. The van der Waals surface area contributed by atoms with Crippen LogP contribution in [0.5, 0.6) is 5.75 Å². The number of carboxylic acid groups (broad SMARTS) is 1. The average molecular weight is 474 g/mol. The third kappa shape index (κ3) is 5.18. The van der Waals surface area contributed by atoms with Crippen LogP contribution in [0.3, 0.4) is 0 Å². The first kappa shape index (κ1) is 22.8. The third-order valence-electron chi connectivity index (χ3n) is 5.37. The van der Waals surface area contributed by atoms with Crippen molar-refractivity contribution in [2.45, 2.75) is 30.2 Å². The lowest BCUT2D eigenvalue weighted by molar-refractivity contribution is -0.139. The minimum atomic E-state index is -3.90. The number of carboxylic acids is 1. The van der Waals surface area contributed by atoms with E-state index in [0.29, 0.717) is 30.6 Å². The molecular formula is C23H20F2N2O5S. The SMILES string of the molecule is O=C(O)COc1cccc2c1CCCC2NS(=O)(=O)c1ccc(-c2cc(F)nc(F)c2)cc1. The lowest BCUT2D eigenvalue weighted by Crippen LogP contribution is -2.31. The summed E-state index contributed by atoms with van der Waals surface area (Å²) in [5, 5.41) is 8.87. The summed E-state index contributed by atoms with van der Waals surface area (Å²) in [6.07, 6.45) is 1.92. The molecule has 2 N–H and O–H groups in total. The fourth-order valence-corrected chi connectivity index (χ4v) is 5.18. The van der Waals surface area contributed by atoms with Crippen LogP contribution in [0.2, 0.25) is 0 Å². The zero-order valence-electron chi connectivity index (χ0n) is 17.3. The first-order valence-corrected chi connectivity index (χ1v) is 11.6. The Bertz CT molecular complexity index is 1280. The molecule has 0 saturated heterocycles. The molecule has 0 spiro atoms. The van der Waals surface area contributed by atoms with E-state index >= 15 is 0 Å². The minimum absolute atomic E-state index is 0.00616. The van der Waals surface area contributed by atoms with Crippen molar-refractivity contribution in [1.29, 1.82) is 0 Å². The fraction of sp³-hybridized carbons (Fsp3) is 0.217. The number of pyridine rings is 1. The van der Waals surface area contributed by atoms with E-state index in [1.165, 1.54) is 24.3 Å². The molecule has 1 unspecified atom stereocenters. The smallest absolute Gasteiger partial charge is 0.341 e. The number of fused-ring (bicyclic) bond motifs is 1. The number of hydrogen-bond donors (Lipinski definition) is 2. The Balaban J connectivity index is 1.56. The number of nitrogens with one attached hydrogen (secondary N) is 1. The molecule has 0 amide bonds. The van der Waals surface area contributed by atoms with Crippen molar-refractivity contribution < 1.29 is 31.8 Å². The normalized spacial score (nSPS) is 15.6. The van der Waals surface area contributed by atoms with Gasteiger partial charge in [-0.2, -0.15) is 13.8 Å². The number of sulfonamides is 1. The maximum absolute atomic E-state index is 13.4. The first-order chi connectivity index (χ1) is 15.7. The van der Waals surface area contributed by atoms with E-state index < -0.39 is 40.5 Å². The number of aliphatic carboxylic acids is 1. The monoisotopic (exact) mass is 474 g/mol. The number of ether oxygens (including phenoxy) is 1. The lowest BCUT2D eigenvalue weighted by atomic mass is 9.87. The van der Waals surface area contributed by atoms with Crippen LogP contribution in [0.25, 0.3) is 11.1 Å². The van der Waals surface area contributed by atoms with Gasteiger partial charge in [-0.1, -0.05) is 24.3 Å². The van der Waals surface area contributed by atoms with Crippen LogP contribution in [-0.4, -0.2) is 31.1 Å². The summed E-state index contributed by atoms with van der Waals surface area (Å²) in [5.74, 6) is -2.60. The van der Waals surface area contributed by atoms with Crippen LogP contribution >= 0.6 is 0 Å². The Morgan fingerprint density at radius 3 is 2.45 bits per heavy atom. The molecule has 0 bridgehead atoms. The Morgan fingerprint density at radius 1 is 1.09 bits per heavy atom. The lowest BCUT2D eigenvalue weighted by Gasteiger charge is -2.27. The van der Waals surface area contributed by atoms with Crippen molar-refractivity contribution in [3.05, 3.63) is 77.6 Å². The fourth-order valence-electron chi connectivity index (χ4n) is 3.93. The van der Waals surface area contributed by atoms with Crippen molar-refractivity contribution >= 4 is 16.0 Å². The van der Waals surface area contributed by atoms with Crippen LogP contribution in [-0.2, 0) is 21.2 Å². The molecule has 10 heteroatoms. The highest BCUT2D eigenvalue weighted by Crippen LogP contribution is 2.36. The van der Waals surface area contributed by atoms with Crippen LogP contribution in [0.1, 0.15) is 30.0 Å². The Kier molecular flexibility index (Phi) is 6.39. The molecule has 172 valence electrons. The predicted octanol–water partition coefficient (Wildman–Crippen LogP) is 3.85. The van der Waals surface area contributed by atoms with Crippen molar-refractivity contribution in [1.82, 2.24) is 9.71 Å². The van der Waals surface area contributed by atoms with Gasteiger partial charge in [0.15, 0.2) is 6.61 Å². The third-order valence-corrected chi connectivity index (χ3v) is 6.86. The topological polar surface area (TPSA) is 106 Å². The quantitative estimate of drug-likeness (QED) is 0.504. The molecule has 1 aliphatic rings. The van der Waals surface area contributed by atoms with Crippen LogP contribution in [0.4, 0.5) is 8.78 Å². The molecule has 0 fully saturated rings. The number of rotatable bonds is 7. The van der Waals surface area contributed by atoms with E-state index in [1.807, 2.05) is 0 Å². The standard InChI is InChI=1S/C23H20F2N2O5S/c24-21-11-15(12-22(25)26-21)14-7-9-16(10-8-14)33(30,31)27-19-5-1-4-18-17(19)3-2-6-20(18)32-13-23(28)29/h2-3,6-12,19,27H,1,4-5,13H2,(H,28,29). The van der Waals surface area contributed by atoms with Gasteiger partial charge in [0, 0.05) is 18.2 Å². The zero-order valence-corrected chi connectivity index (χ0v) is 18.1. The highest BCUT2D eigenvalue weighted by Gasteiger charge is 2.27. The van der Waals surface area contributed by atoms with Gasteiger partial charge >= 0.3 is 5.97 Å². The molecular weight excluding hydrogens is 454 g/mol. The van der Waals surface area contributed by atoms with Gasteiger partial charge in [-0.25, -0.2) is 17.9 Å². The van der Waals surface area contributed by atoms with Crippen LogP contribution in [0, 0.1) is 11.9 Å². The first-order valence-electron chi connectivity index (χ1n) is 10.2. The minimum Gasteiger partial charge on any atom is -0.482 e. The summed E-state index contributed by atoms with van der Waals surface area (Å²) in [7, 11) is -3.90. The molecule has 7 nitrogen and oxygen atoms in total. The number of carbonyl (C=O) groups is 1. The van der Waals surface area contributed by atoms with Crippen LogP contribution in [0.15, 0.2) is 59.5 Å². The molecule has 2 aromatic carbocycles. The largest absolute Gasteiger partial charge is 0.482 e. The van der Waals surface area contributed by atoms with Crippen molar-refractivity contribution in [3.63, 3.8) is 0 Å². The van der Waals surface area contributed by atoms with Gasteiger partial charge in [0.1, 0.15) is 5.75 Å². The van der Waals surface area contributed by atoms with Crippen molar-refractivity contribution in [2.75, 3.05) is 6.61 Å². The van der Waals surface area contributed by atoms with E-state index in [4.69, 9.17) is 9.84 Å². The highest BCUT2D eigenvalue weighted by molar-refractivity contribution is 7.89. The Hall–Kier alpha value is -3.37. The van der Waals surface area contributed by atoms with Gasteiger partial charge in [-0.15, -0.1) is 0 Å². The van der Waals surface area contributed by atoms with Gasteiger partial charge < -0.3 is 9.84 Å². The molecule has 1 aromatic heterocycles. The van der Waals surface area contributed by atoms with Crippen molar-refractivity contribution in [2.24, 2.45) is 0 Å². The van der Waals surface area contributed by atoms with Crippen LogP contribution < -0.4 is 9.46 Å². The average Bonchev–Trinajstić information content (AvgIpc) is 2.77. The Morgan fingerprint density at radius 2 is 1.79 bits per heavy atom. The second-order valence-electron chi connectivity index (χ2n) is 7.60. The molecule has 1 atom stereocenters. The number of hydrogen-bond acceptors (Lipinski definition) is 5. The summed E-state index contributed by atoms with van der Waals surface area (Å²) in [6.45, 7) is -0.482. The van der Waals surface area contributed by atoms with E-state index in [-0.39, 0.29) is 10.5 Å². The number of halogens is 2. The zero-order chi connectivity index (χ0) is 23.6. The highest BCUT2D eigenvalue weighted by atomic mass is 32.2. The maximum Gasteiger partial charge on any atom is 0.341 e. The summed E-state index contributed by atoms with van der Waals surface area (Å²) >= 11 is 0. The summed E-state index contributed by atoms with van der Waals surface area (Å²) < 4.78 is 60.9.